The third-order valence-electron chi connectivity index (χ3n) is 4.57. The lowest BCUT2D eigenvalue weighted by atomic mass is 9.87. The van der Waals surface area contributed by atoms with Crippen LogP contribution in [-0.2, 0) is 14.9 Å². The molecular formula is C20H26N4O4. The highest BCUT2D eigenvalue weighted by molar-refractivity contribution is 5.68. The lowest BCUT2D eigenvalue weighted by Gasteiger charge is -2.22. The first-order valence-corrected chi connectivity index (χ1v) is 9.21. The highest BCUT2D eigenvalue weighted by Gasteiger charge is 2.22. The Morgan fingerprint density at radius 3 is 2.39 bits per heavy atom. The summed E-state index contributed by atoms with van der Waals surface area (Å²) in [5.41, 5.74) is 1.89. The number of pyridine rings is 1. The van der Waals surface area contributed by atoms with Crippen molar-refractivity contribution in [3.8, 4) is 0 Å². The van der Waals surface area contributed by atoms with Crippen LogP contribution in [-0.4, -0.2) is 43.0 Å². The maximum absolute atomic E-state index is 11.4. The second kappa shape index (κ2) is 8.12. The van der Waals surface area contributed by atoms with Gasteiger partial charge in [-0.2, -0.15) is 0 Å². The summed E-state index contributed by atoms with van der Waals surface area (Å²) in [5, 5.41) is 14.5. The largest absolute Gasteiger partial charge is 0.355 e. The predicted octanol–water partition coefficient (Wildman–Crippen LogP) is 3.84. The minimum Gasteiger partial charge on any atom is -0.355 e. The molecule has 1 saturated heterocycles. The number of ether oxygens (including phenoxy) is 2. The quantitative estimate of drug-likeness (QED) is 0.596. The van der Waals surface area contributed by atoms with Gasteiger partial charge in [0.15, 0.2) is 6.29 Å². The average Bonchev–Trinajstić information content (AvgIpc) is 3.14. The van der Waals surface area contributed by atoms with E-state index in [2.05, 4.69) is 31.1 Å². The summed E-state index contributed by atoms with van der Waals surface area (Å²) >= 11 is 0. The van der Waals surface area contributed by atoms with Gasteiger partial charge in [0.2, 0.25) is 5.82 Å². The second-order valence-corrected chi connectivity index (χ2v) is 7.80. The molecule has 28 heavy (non-hydrogen) atoms. The van der Waals surface area contributed by atoms with Gasteiger partial charge in [0, 0.05) is 18.8 Å². The molecule has 3 rings (SSSR count). The molecule has 2 heterocycles. The standard InChI is InChI=1S/C20H26N4O4/c1-20(2,3)14-5-7-15(8-6-14)21-19-16(24(25)26)9-10-17(22-19)23(4)13-18-27-11-12-28-18/h5-10,18H,11-13H2,1-4H3,(H,21,22). The summed E-state index contributed by atoms with van der Waals surface area (Å²) in [7, 11) is 1.85. The summed E-state index contributed by atoms with van der Waals surface area (Å²) < 4.78 is 10.9. The summed E-state index contributed by atoms with van der Waals surface area (Å²) in [6.07, 6.45) is -0.316. The molecule has 8 nitrogen and oxygen atoms in total. The van der Waals surface area contributed by atoms with E-state index < -0.39 is 4.92 Å². The Hall–Kier alpha value is -2.71. The van der Waals surface area contributed by atoms with E-state index in [1.165, 1.54) is 11.6 Å². The monoisotopic (exact) mass is 386 g/mol. The zero-order chi connectivity index (χ0) is 20.3. The van der Waals surface area contributed by atoms with E-state index in [4.69, 9.17) is 9.47 Å². The lowest BCUT2D eigenvalue weighted by Crippen LogP contribution is -2.30. The minimum absolute atomic E-state index is 0.0375. The Kier molecular flexibility index (Phi) is 5.81. The van der Waals surface area contributed by atoms with E-state index in [1.54, 1.807) is 6.07 Å². The number of hydrogen-bond donors (Lipinski definition) is 1. The number of rotatable bonds is 6. The van der Waals surface area contributed by atoms with Crippen LogP contribution in [0.2, 0.25) is 0 Å². The van der Waals surface area contributed by atoms with Crippen molar-refractivity contribution in [1.82, 2.24) is 4.98 Å². The molecule has 0 aliphatic carbocycles. The fourth-order valence-corrected chi connectivity index (χ4v) is 2.91. The average molecular weight is 386 g/mol. The van der Waals surface area contributed by atoms with E-state index in [0.29, 0.717) is 25.6 Å². The van der Waals surface area contributed by atoms with Crippen LogP contribution < -0.4 is 10.2 Å². The number of nitrogens with zero attached hydrogens (tertiary/aromatic N) is 3. The molecule has 1 aromatic heterocycles. The number of nitrogens with one attached hydrogen (secondary N) is 1. The summed E-state index contributed by atoms with van der Waals surface area (Å²) in [6, 6.07) is 10.9. The molecule has 0 radical (unpaired) electrons. The van der Waals surface area contributed by atoms with Gasteiger partial charge in [0.1, 0.15) is 5.82 Å². The zero-order valence-corrected chi connectivity index (χ0v) is 16.6. The van der Waals surface area contributed by atoms with Crippen molar-refractivity contribution >= 4 is 23.0 Å². The van der Waals surface area contributed by atoms with Crippen LogP contribution in [0.1, 0.15) is 26.3 Å². The molecule has 1 aliphatic heterocycles. The molecule has 1 fully saturated rings. The molecule has 150 valence electrons. The van der Waals surface area contributed by atoms with Crippen LogP contribution in [0.25, 0.3) is 0 Å². The molecule has 0 spiro atoms. The Labute approximate surface area is 164 Å². The van der Waals surface area contributed by atoms with E-state index in [1.807, 2.05) is 36.2 Å². The number of anilines is 3. The van der Waals surface area contributed by atoms with Crippen molar-refractivity contribution in [2.45, 2.75) is 32.5 Å². The minimum atomic E-state index is -0.439. The molecule has 8 heteroatoms. The zero-order valence-electron chi connectivity index (χ0n) is 16.6. The van der Waals surface area contributed by atoms with Gasteiger partial charge < -0.3 is 19.7 Å². The number of likely N-dealkylation sites (N-methyl/N-ethyl adjacent to an activating group) is 1. The highest BCUT2D eigenvalue weighted by atomic mass is 16.7. The van der Waals surface area contributed by atoms with Gasteiger partial charge in [-0.15, -0.1) is 0 Å². The van der Waals surface area contributed by atoms with Crippen LogP contribution in [0.4, 0.5) is 23.0 Å². The van der Waals surface area contributed by atoms with Crippen LogP contribution >= 0.6 is 0 Å². The number of benzene rings is 1. The van der Waals surface area contributed by atoms with Crippen LogP contribution in [0.3, 0.4) is 0 Å². The van der Waals surface area contributed by atoms with E-state index in [-0.39, 0.29) is 23.2 Å². The SMILES string of the molecule is CN(CC1OCCO1)c1ccc([N+](=O)[O-])c(Nc2ccc(C(C)(C)C)cc2)n1. The van der Waals surface area contributed by atoms with Crippen molar-refractivity contribution in [3.63, 3.8) is 0 Å². The van der Waals surface area contributed by atoms with E-state index in [0.717, 1.165) is 5.69 Å². The molecule has 2 aromatic rings. The number of aromatic nitrogens is 1. The molecule has 0 amide bonds. The maximum Gasteiger partial charge on any atom is 0.311 e. The van der Waals surface area contributed by atoms with E-state index in [9.17, 15) is 10.1 Å². The molecule has 0 saturated carbocycles. The fraction of sp³-hybridized carbons (Fsp3) is 0.450. The first kappa shape index (κ1) is 20.0. The van der Waals surface area contributed by atoms with Gasteiger partial charge in [0.25, 0.3) is 0 Å². The predicted molar refractivity (Wildman–Crippen MR) is 108 cm³/mol. The Morgan fingerprint density at radius 2 is 1.82 bits per heavy atom. The first-order chi connectivity index (χ1) is 13.2. The smallest absolute Gasteiger partial charge is 0.311 e. The van der Waals surface area contributed by atoms with Gasteiger partial charge in [-0.1, -0.05) is 32.9 Å². The van der Waals surface area contributed by atoms with Crippen molar-refractivity contribution in [3.05, 3.63) is 52.1 Å². The maximum atomic E-state index is 11.4. The lowest BCUT2D eigenvalue weighted by molar-refractivity contribution is -0.384. The number of nitro groups is 1. The molecule has 1 aliphatic rings. The Balaban J connectivity index is 1.82. The van der Waals surface area contributed by atoms with Crippen LogP contribution in [0.15, 0.2) is 36.4 Å². The van der Waals surface area contributed by atoms with Crippen molar-refractivity contribution < 1.29 is 14.4 Å². The topological polar surface area (TPSA) is 89.8 Å². The van der Waals surface area contributed by atoms with Gasteiger partial charge in [-0.3, -0.25) is 10.1 Å². The summed E-state index contributed by atoms with van der Waals surface area (Å²) in [6.45, 7) is 8.05. The van der Waals surface area contributed by atoms with Crippen molar-refractivity contribution in [2.75, 3.05) is 37.0 Å². The molecule has 0 unspecified atom stereocenters. The van der Waals surface area contributed by atoms with Gasteiger partial charge >= 0.3 is 5.69 Å². The van der Waals surface area contributed by atoms with Crippen LogP contribution in [0, 0.1) is 10.1 Å². The highest BCUT2D eigenvalue weighted by Crippen LogP contribution is 2.30. The molecule has 1 N–H and O–H groups in total. The molecule has 0 atom stereocenters. The van der Waals surface area contributed by atoms with Crippen molar-refractivity contribution in [1.29, 1.82) is 0 Å². The van der Waals surface area contributed by atoms with Gasteiger partial charge in [0.05, 0.1) is 24.7 Å². The molecular weight excluding hydrogens is 360 g/mol. The fourth-order valence-electron chi connectivity index (χ4n) is 2.91. The molecule has 0 bridgehead atoms. The Bertz CT molecular complexity index is 827. The summed E-state index contributed by atoms with van der Waals surface area (Å²) in [5.74, 6) is 0.796. The van der Waals surface area contributed by atoms with Crippen LogP contribution in [0.5, 0.6) is 0 Å². The first-order valence-electron chi connectivity index (χ1n) is 9.21. The number of hydrogen-bond acceptors (Lipinski definition) is 7. The third-order valence-corrected chi connectivity index (χ3v) is 4.57. The third kappa shape index (κ3) is 4.76. The van der Waals surface area contributed by atoms with Gasteiger partial charge in [-0.25, -0.2) is 4.98 Å². The van der Waals surface area contributed by atoms with Crippen molar-refractivity contribution in [2.24, 2.45) is 0 Å². The van der Waals surface area contributed by atoms with E-state index >= 15 is 0 Å². The Morgan fingerprint density at radius 1 is 1.18 bits per heavy atom. The summed E-state index contributed by atoms with van der Waals surface area (Å²) in [4.78, 5) is 17.3. The molecule has 1 aromatic carbocycles. The second-order valence-electron chi connectivity index (χ2n) is 7.80. The van der Waals surface area contributed by atoms with Gasteiger partial charge in [-0.05, 0) is 29.2 Å². The normalized spacial score (nSPS) is 14.9.